The molecule has 0 aliphatic carbocycles. The van der Waals surface area contributed by atoms with E-state index in [9.17, 15) is 0 Å². The maximum Gasteiger partial charge on any atom is 0.0220 e. The fourth-order valence-corrected chi connectivity index (χ4v) is 1.84. The van der Waals surface area contributed by atoms with E-state index in [0.29, 0.717) is 18.6 Å². The molecule has 1 saturated heterocycles. The van der Waals surface area contributed by atoms with Crippen molar-refractivity contribution in [2.45, 2.75) is 24.9 Å². The van der Waals surface area contributed by atoms with Crippen molar-refractivity contribution in [3.8, 4) is 0 Å². The highest BCUT2D eigenvalue weighted by atomic mass is 15.2. The highest BCUT2D eigenvalue weighted by Crippen LogP contribution is 2.14. The van der Waals surface area contributed by atoms with Crippen LogP contribution >= 0.6 is 0 Å². The van der Waals surface area contributed by atoms with E-state index in [1.807, 2.05) is 0 Å². The van der Waals surface area contributed by atoms with Gasteiger partial charge in [-0.3, -0.25) is 4.90 Å². The zero-order valence-corrected chi connectivity index (χ0v) is 7.58. The third-order valence-electron chi connectivity index (χ3n) is 2.54. The second-order valence-corrected chi connectivity index (χ2v) is 3.51. The quantitative estimate of drug-likeness (QED) is 0.494. The predicted molar refractivity (Wildman–Crippen MR) is 50.7 cm³/mol. The van der Waals surface area contributed by atoms with Crippen LogP contribution in [0.1, 0.15) is 12.8 Å². The predicted octanol–water partition coefficient (Wildman–Crippen LogP) is -1.30. The SMILES string of the molecule is NCCN1CC(N)CCC1CN. The lowest BCUT2D eigenvalue weighted by Crippen LogP contribution is -2.52. The summed E-state index contributed by atoms with van der Waals surface area (Å²) in [5, 5.41) is 0. The van der Waals surface area contributed by atoms with Crippen LogP contribution in [0.25, 0.3) is 0 Å². The van der Waals surface area contributed by atoms with Gasteiger partial charge in [-0.15, -0.1) is 0 Å². The molecule has 0 radical (unpaired) electrons. The minimum Gasteiger partial charge on any atom is -0.329 e. The Labute approximate surface area is 74.1 Å². The fourth-order valence-electron chi connectivity index (χ4n) is 1.84. The van der Waals surface area contributed by atoms with Crippen molar-refractivity contribution in [3.63, 3.8) is 0 Å². The Kier molecular flexibility index (Phi) is 3.94. The summed E-state index contributed by atoms with van der Waals surface area (Å²) in [5.41, 5.74) is 17.0. The zero-order valence-electron chi connectivity index (χ0n) is 7.58. The van der Waals surface area contributed by atoms with Gasteiger partial charge in [-0.05, 0) is 12.8 Å². The number of nitrogens with zero attached hydrogens (tertiary/aromatic N) is 1. The normalized spacial score (nSPS) is 32.2. The second kappa shape index (κ2) is 4.77. The van der Waals surface area contributed by atoms with Gasteiger partial charge in [0.1, 0.15) is 0 Å². The van der Waals surface area contributed by atoms with Crippen LogP contribution in [0.2, 0.25) is 0 Å². The lowest BCUT2D eigenvalue weighted by Gasteiger charge is -2.37. The van der Waals surface area contributed by atoms with E-state index in [1.165, 1.54) is 0 Å². The Bertz CT molecular complexity index is 128. The first-order valence-electron chi connectivity index (χ1n) is 4.67. The molecular weight excluding hydrogens is 152 g/mol. The van der Waals surface area contributed by atoms with Crippen LogP contribution < -0.4 is 17.2 Å². The van der Waals surface area contributed by atoms with Crippen molar-refractivity contribution in [1.82, 2.24) is 4.90 Å². The summed E-state index contributed by atoms with van der Waals surface area (Å²) in [6.07, 6.45) is 2.22. The largest absolute Gasteiger partial charge is 0.329 e. The molecule has 1 fully saturated rings. The Morgan fingerprint density at radius 1 is 1.25 bits per heavy atom. The third kappa shape index (κ3) is 2.42. The second-order valence-electron chi connectivity index (χ2n) is 3.51. The van der Waals surface area contributed by atoms with Gasteiger partial charge < -0.3 is 17.2 Å². The monoisotopic (exact) mass is 172 g/mol. The van der Waals surface area contributed by atoms with E-state index in [-0.39, 0.29) is 0 Å². The molecule has 2 atom stereocenters. The Hall–Kier alpha value is -0.160. The average molecular weight is 172 g/mol. The summed E-state index contributed by atoms with van der Waals surface area (Å²) in [5.74, 6) is 0. The molecule has 4 heteroatoms. The van der Waals surface area contributed by atoms with E-state index >= 15 is 0 Å². The van der Waals surface area contributed by atoms with Gasteiger partial charge in [0.15, 0.2) is 0 Å². The average Bonchev–Trinajstić information content (AvgIpc) is 2.05. The van der Waals surface area contributed by atoms with Gasteiger partial charge in [0, 0.05) is 38.3 Å². The van der Waals surface area contributed by atoms with Crippen molar-refractivity contribution in [2.24, 2.45) is 17.2 Å². The van der Waals surface area contributed by atoms with Gasteiger partial charge in [-0.25, -0.2) is 0 Å². The number of likely N-dealkylation sites (tertiary alicyclic amines) is 1. The van der Waals surface area contributed by atoms with E-state index in [1.54, 1.807) is 0 Å². The Morgan fingerprint density at radius 2 is 2.00 bits per heavy atom. The lowest BCUT2D eigenvalue weighted by molar-refractivity contribution is 0.142. The van der Waals surface area contributed by atoms with Crippen LogP contribution in [-0.4, -0.2) is 43.2 Å². The van der Waals surface area contributed by atoms with Gasteiger partial charge in [0.2, 0.25) is 0 Å². The first-order chi connectivity index (χ1) is 5.77. The van der Waals surface area contributed by atoms with Gasteiger partial charge in [-0.2, -0.15) is 0 Å². The third-order valence-corrected chi connectivity index (χ3v) is 2.54. The molecule has 72 valence electrons. The van der Waals surface area contributed by atoms with E-state index in [4.69, 9.17) is 17.2 Å². The summed E-state index contributed by atoms with van der Waals surface area (Å²) in [6.45, 7) is 3.31. The Balaban J connectivity index is 2.40. The van der Waals surface area contributed by atoms with Crippen LogP contribution in [0.3, 0.4) is 0 Å². The topological polar surface area (TPSA) is 81.3 Å². The number of hydrogen-bond donors (Lipinski definition) is 3. The molecule has 4 nitrogen and oxygen atoms in total. The molecule has 0 amide bonds. The van der Waals surface area contributed by atoms with Gasteiger partial charge >= 0.3 is 0 Å². The van der Waals surface area contributed by atoms with E-state index < -0.39 is 0 Å². The summed E-state index contributed by atoms with van der Waals surface area (Å²) < 4.78 is 0. The highest BCUT2D eigenvalue weighted by Gasteiger charge is 2.24. The number of piperidine rings is 1. The van der Waals surface area contributed by atoms with Crippen LogP contribution in [0.5, 0.6) is 0 Å². The van der Waals surface area contributed by atoms with Crippen molar-refractivity contribution >= 4 is 0 Å². The molecule has 0 spiro atoms. The van der Waals surface area contributed by atoms with Gasteiger partial charge in [0.25, 0.3) is 0 Å². The van der Waals surface area contributed by atoms with Crippen molar-refractivity contribution < 1.29 is 0 Å². The molecule has 0 aromatic carbocycles. The molecule has 0 aromatic heterocycles. The highest BCUT2D eigenvalue weighted by molar-refractivity contribution is 4.83. The first-order valence-corrected chi connectivity index (χ1v) is 4.67. The molecule has 1 aliphatic heterocycles. The number of rotatable bonds is 3. The molecule has 12 heavy (non-hydrogen) atoms. The first kappa shape index (κ1) is 9.92. The minimum atomic E-state index is 0.319. The molecular formula is C8H20N4. The van der Waals surface area contributed by atoms with Crippen LogP contribution in [0.4, 0.5) is 0 Å². The van der Waals surface area contributed by atoms with Gasteiger partial charge in [0.05, 0.1) is 0 Å². The number of nitrogens with two attached hydrogens (primary N) is 3. The maximum atomic E-state index is 5.85. The van der Waals surface area contributed by atoms with Crippen LogP contribution in [-0.2, 0) is 0 Å². The molecule has 1 heterocycles. The van der Waals surface area contributed by atoms with Crippen molar-refractivity contribution in [2.75, 3.05) is 26.2 Å². The van der Waals surface area contributed by atoms with Crippen LogP contribution in [0, 0.1) is 0 Å². The summed E-state index contributed by atoms with van der Waals surface area (Å²) in [6, 6.07) is 0.827. The minimum absolute atomic E-state index is 0.319. The van der Waals surface area contributed by atoms with E-state index in [0.717, 1.165) is 32.5 Å². The van der Waals surface area contributed by atoms with Crippen molar-refractivity contribution in [1.29, 1.82) is 0 Å². The summed E-state index contributed by atoms with van der Waals surface area (Å²) >= 11 is 0. The summed E-state index contributed by atoms with van der Waals surface area (Å²) in [7, 11) is 0. The molecule has 2 unspecified atom stereocenters. The smallest absolute Gasteiger partial charge is 0.0220 e. The molecule has 1 rings (SSSR count). The maximum absolute atomic E-state index is 5.85. The van der Waals surface area contributed by atoms with Gasteiger partial charge in [-0.1, -0.05) is 0 Å². The molecule has 1 aliphatic rings. The molecule has 6 N–H and O–H groups in total. The number of hydrogen-bond acceptors (Lipinski definition) is 4. The standard InChI is InChI=1S/C8H20N4/c9-3-4-12-6-7(11)1-2-8(12)5-10/h7-8H,1-6,9-11H2. The fraction of sp³-hybridized carbons (Fsp3) is 1.00. The molecule has 0 bridgehead atoms. The lowest BCUT2D eigenvalue weighted by atomic mass is 9.99. The summed E-state index contributed by atoms with van der Waals surface area (Å²) in [4.78, 5) is 2.31. The van der Waals surface area contributed by atoms with Crippen molar-refractivity contribution in [3.05, 3.63) is 0 Å². The van der Waals surface area contributed by atoms with E-state index in [2.05, 4.69) is 4.90 Å². The van der Waals surface area contributed by atoms with Crippen LogP contribution in [0.15, 0.2) is 0 Å². The molecule has 0 saturated carbocycles. The Morgan fingerprint density at radius 3 is 2.58 bits per heavy atom. The zero-order chi connectivity index (χ0) is 8.97. The molecule has 0 aromatic rings.